The van der Waals surface area contributed by atoms with E-state index in [4.69, 9.17) is 11.6 Å². The van der Waals surface area contributed by atoms with Crippen molar-refractivity contribution in [2.75, 3.05) is 24.3 Å². The fraction of sp³-hybridized carbons (Fsp3) is 0.158. The third-order valence-electron chi connectivity index (χ3n) is 3.61. The second-order valence-corrected chi connectivity index (χ2v) is 6.20. The van der Waals surface area contributed by atoms with Crippen LogP contribution in [0, 0.1) is 0 Å². The van der Waals surface area contributed by atoms with E-state index < -0.39 is 5.97 Å². The average molecular weight is 359 g/mol. The molecule has 0 heterocycles. The minimum atomic E-state index is -1.15. The van der Waals surface area contributed by atoms with E-state index >= 15 is 0 Å². The number of halogens is 1. The number of carboxylic acid groups (broad SMARTS) is 1. The summed E-state index contributed by atoms with van der Waals surface area (Å²) in [5.74, 6) is -1.53. The number of nitrogens with one attached hydrogen (secondary N) is 1. The summed E-state index contributed by atoms with van der Waals surface area (Å²) >= 11 is 5.81. The summed E-state index contributed by atoms with van der Waals surface area (Å²) in [5.41, 5.74) is 2.56. The minimum absolute atomic E-state index is 0.0519. The molecule has 0 fully saturated rings. The fourth-order valence-electron chi connectivity index (χ4n) is 2.21. The maximum atomic E-state index is 12.3. The molecular formula is C19H19ClN2O3. The molecule has 0 aromatic heterocycles. The van der Waals surface area contributed by atoms with Crippen molar-refractivity contribution >= 4 is 40.9 Å². The number of nitrogens with zero attached hydrogens (tertiary/aromatic N) is 1. The Morgan fingerprint density at radius 3 is 2.32 bits per heavy atom. The maximum Gasteiger partial charge on any atom is 0.337 e. The largest absolute Gasteiger partial charge is 0.478 e. The Hall–Kier alpha value is -2.79. The molecule has 2 rings (SSSR count). The summed E-state index contributed by atoms with van der Waals surface area (Å²) in [7, 11) is 3.91. The van der Waals surface area contributed by atoms with E-state index in [1.807, 2.05) is 43.3 Å². The lowest BCUT2D eigenvalue weighted by molar-refractivity contribution is -0.112. The van der Waals surface area contributed by atoms with Crippen molar-refractivity contribution in [3.05, 3.63) is 64.2 Å². The number of amides is 1. The minimum Gasteiger partial charge on any atom is -0.478 e. The van der Waals surface area contributed by atoms with Gasteiger partial charge in [-0.1, -0.05) is 23.7 Å². The smallest absolute Gasteiger partial charge is 0.337 e. The van der Waals surface area contributed by atoms with Crippen LogP contribution in [0.4, 0.5) is 11.4 Å². The SMILES string of the molecule is CC(=Cc1ccc(N(C)C)cc1)C(=O)Nc1ccc(Cl)cc1C(=O)O. The maximum absolute atomic E-state index is 12.3. The average Bonchev–Trinajstić information content (AvgIpc) is 2.56. The highest BCUT2D eigenvalue weighted by Gasteiger charge is 2.14. The molecule has 0 radical (unpaired) electrons. The molecule has 5 nitrogen and oxygen atoms in total. The standard InChI is InChI=1S/C19H19ClN2O3/c1-12(10-13-4-7-15(8-5-13)22(2)3)18(23)21-17-9-6-14(20)11-16(17)19(24)25/h4-11H,1-3H3,(H,21,23)(H,24,25). The molecule has 2 aromatic rings. The van der Waals surface area contributed by atoms with E-state index in [0.29, 0.717) is 10.6 Å². The van der Waals surface area contributed by atoms with Gasteiger partial charge in [0.25, 0.3) is 5.91 Å². The third-order valence-corrected chi connectivity index (χ3v) is 3.85. The lowest BCUT2D eigenvalue weighted by atomic mass is 10.1. The number of hydrogen-bond acceptors (Lipinski definition) is 3. The molecule has 0 aliphatic rings. The molecule has 0 atom stereocenters. The van der Waals surface area contributed by atoms with E-state index in [2.05, 4.69) is 5.32 Å². The quantitative estimate of drug-likeness (QED) is 0.788. The molecule has 0 aliphatic heterocycles. The number of hydrogen-bond donors (Lipinski definition) is 2. The van der Waals surface area contributed by atoms with Crippen LogP contribution in [0.3, 0.4) is 0 Å². The van der Waals surface area contributed by atoms with Gasteiger partial charge < -0.3 is 15.3 Å². The van der Waals surface area contributed by atoms with Crippen LogP contribution in [0.2, 0.25) is 5.02 Å². The van der Waals surface area contributed by atoms with Crippen molar-refractivity contribution in [3.8, 4) is 0 Å². The van der Waals surface area contributed by atoms with Crippen LogP contribution in [0.25, 0.3) is 6.08 Å². The van der Waals surface area contributed by atoms with Gasteiger partial charge >= 0.3 is 5.97 Å². The highest BCUT2D eigenvalue weighted by molar-refractivity contribution is 6.31. The molecule has 0 unspecified atom stereocenters. The molecule has 0 spiro atoms. The highest BCUT2D eigenvalue weighted by atomic mass is 35.5. The molecule has 2 N–H and O–H groups in total. The van der Waals surface area contributed by atoms with Crippen LogP contribution >= 0.6 is 11.6 Å². The van der Waals surface area contributed by atoms with E-state index in [0.717, 1.165) is 11.3 Å². The van der Waals surface area contributed by atoms with Crippen LogP contribution in [0.5, 0.6) is 0 Å². The summed E-state index contributed by atoms with van der Waals surface area (Å²) in [5, 5.41) is 12.1. The van der Waals surface area contributed by atoms with Crippen molar-refractivity contribution in [2.45, 2.75) is 6.92 Å². The number of anilines is 2. The number of aromatic carboxylic acids is 1. The van der Waals surface area contributed by atoms with Crippen molar-refractivity contribution in [2.24, 2.45) is 0 Å². The van der Waals surface area contributed by atoms with Crippen LogP contribution in [-0.2, 0) is 4.79 Å². The van der Waals surface area contributed by atoms with Gasteiger partial charge in [-0.15, -0.1) is 0 Å². The Morgan fingerprint density at radius 2 is 1.76 bits per heavy atom. The highest BCUT2D eigenvalue weighted by Crippen LogP contribution is 2.22. The number of carboxylic acids is 1. The van der Waals surface area contributed by atoms with Gasteiger partial charge in [0.05, 0.1) is 11.3 Å². The summed E-state index contributed by atoms with van der Waals surface area (Å²) in [6.07, 6.45) is 1.74. The Kier molecular flexibility index (Phi) is 5.83. The van der Waals surface area contributed by atoms with Crippen molar-refractivity contribution in [3.63, 3.8) is 0 Å². The second kappa shape index (κ2) is 7.85. The Morgan fingerprint density at radius 1 is 1.12 bits per heavy atom. The summed E-state index contributed by atoms with van der Waals surface area (Å²) in [6, 6.07) is 12.1. The van der Waals surface area contributed by atoms with Crippen LogP contribution in [-0.4, -0.2) is 31.1 Å². The topological polar surface area (TPSA) is 69.6 Å². The summed E-state index contributed by atoms with van der Waals surface area (Å²) < 4.78 is 0. The number of carbonyl (C=O) groups excluding carboxylic acids is 1. The van der Waals surface area contributed by atoms with Crippen molar-refractivity contribution in [1.29, 1.82) is 0 Å². The zero-order valence-electron chi connectivity index (χ0n) is 14.2. The van der Waals surface area contributed by atoms with E-state index in [-0.39, 0.29) is 17.2 Å². The fourth-order valence-corrected chi connectivity index (χ4v) is 2.38. The van der Waals surface area contributed by atoms with Crippen LogP contribution in [0.1, 0.15) is 22.8 Å². The first kappa shape index (κ1) is 18.5. The molecule has 1 amide bonds. The Bertz CT molecular complexity index is 827. The number of carbonyl (C=O) groups is 2. The summed E-state index contributed by atoms with van der Waals surface area (Å²) in [4.78, 5) is 25.6. The van der Waals surface area contributed by atoms with E-state index in [1.54, 1.807) is 13.0 Å². The zero-order chi connectivity index (χ0) is 18.6. The molecule has 130 valence electrons. The molecule has 6 heteroatoms. The lowest BCUT2D eigenvalue weighted by Crippen LogP contribution is -2.15. The third kappa shape index (κ3) is 4.84. The van der Waals surface area contributed by atoms with Gasteiger partial charge in [0.2, 0.25) is 0 Å². The van der Waals surface area contributed by atoms with E-state index in [1.165, 1.54) is 18.2 Å². The first-order valence-electron chi connectivity index (χ1n) is 7.58. The zero-order valence-corrected chi connectivity index (χ0v) is 15.0. The molecule has 0 saturated heterocycles. The molecule has 2 aromatic carbocycles. The first-order valence-corrected chi connectivity index (χ1v) is 7.95. The summed E-state index contributed by atoms with van der Waals surface area (Å²) in [6.45, 7) is 1.67. The van der Waals surface area contributed by atoms with Crippen molar-refractivity contribution in [1.82, 2.24) is 0 Å². The van der Waals surface area contributed by atoms with Crippen LogP contribution < -0.4 is 10.2 Å². The Labute approximate surface area is 151 Å². The molecule has 0 aliphatic carbocycles. The molecular weight excluding hydrogens is 340 g/mol. The van der Waals surface area contributed by atoms with Crippen molar-refractivity contribution < 1.29 is 14.7 Å². The molecule has 0 saturated carbocycles. The number of rotatable bonds is 5. The first-order chi connectivity index (χ1) is 11.8. The predicted molar refractivity (Wildman–Crippen MR) is 101 cm³/mol. The van der Waals surface area contributed by atoms with Gasteiger partial charge in [0.1, 0.15) is 0 Å². The Balaban J connectivity index is 2.19. The van der Waals surface area contributed by atoms with Gasteiger partial charge in [0, 0.05) is 30.4 Å². The van der Waals surface area contributed by atoms with Gasteiger partial charge in [-0.05, 0) is 48.9 Å². The van der Waals surface area contributed by atoms with Crippen LogP contribution in [0.15, 0.2) is 48.0 Å². The number of benzene rings is 2. The lowest BCUT2D eigenvalue weighted by Gasteiger charge is -2.12. The molecule has 0 bridgehead atoms. The van der Waals surface area contributed by atoms with Gasteiger partial charge in [-0.25, -0.2) is 4.79 Å². The predicted octanol–water partition coefficient (Wildman–Crippen LogP) is 4.15. The second-order valence-electron chi connectivity index (χ2n) is 5.76. The molecule has 25 heavy (non-hydrogen) atoms. The van der Waals surface area contributed by atoms with Gasteiger partial charge in [-0.2, -0.15) is 0 Å². The van der Waals surface area contributed by atoms with Gasteiger partial charge in [-0.3, -0.25) is 4.79 Å². The normalized spacial score (nSPS) is 11.1. The monoisotopic (exact) mass is 358 g/mol. The van der Waals surface area contributed by atoms with E-state index in [9.17, 15) is 14.7 Å². The van der Waals surface area contributed by atoms with Gasteiger partial charge in [0.15, 0.2) is 0 Å².